The summed E-state index contributed by atoms with van der Waals surface area (Å²) < 4.78 is 0. The lowest BCUT2D eigenvalue weighted by atomic mass is 9.67. The molecule has 3 rings (SSSR count). The Labute approximate surface area is 147 Å². The van der Waals surface area contributed by atoms with Crippen molar-refractivity contribution in [1.29, 1.82) is 0 Å². The van der Waals surface area contributed by atoms with Gasteiger partial charge in [0.1, 0.15) is 0 Å². The van der Waals surface area contributed by atoms with Gasteiger partial charge in [-0.05, 0) is 19.3 Å². The average molecular weight is 363 g/mol. The van der Waals surface area contributed by atoms with Gasteiger partial charge in [0, 0.05) is 37.3 Å². The first-order chi connectivity index (χ1) is 12.2. The highest BCUT2D eigenvalue weighted by Crippen LogP contribution is 2.49. The van der Waals surface area contributed by atoms with Crippen LogP contribution in [0.3, 0.4) is 0 Å². The molecular formula is C16H17N3O7. The lowest BCUT2D eigenvalue weighted by Crippen LogP contribution is -2.51. The van der Waals surface area contributed by atoms with E-state index >= 15 is 0 Å². The molecule has 26 heavy (non-hydrogen) atoms. The third-order valence-corrected chi connectivity index (χ3v) is 5.20. The number of carboxylic acids is 2. The second-order valence-corrected chi connectivity index (χ2v) is 6.86. The molecule has 10 nitrogen and oxygen atoms in total. The van der Waals surface area contributed by atoms with Crippen LogP contribution in [0.1, 0.15) is 32.1 Å². The molecule has 3 N–H and O–H groups in total. The number of carbonyl (C=O) groups is 5. The monoisotopic (exact) mass is 363 g/mol. The summed E-state index contributed by atoms with van der Waals surface area (Å²) in [6.45, 7) is 0.135. The lowest BCUT2D eigenvalue weighted by Gasteiger charge is -2.34. The van der Waals surface area contributed by atoms with Crippen LogP contribution in [0.25, 0.3) is 0 Å². The molecule has 3 aliphatic rings. The van der Waals surface area contributed by atoms with E-state index in [1.54, 1.807) is 0 Å². The van der Waals surface area contributed by atoms with Crippen LogP contribution >= 0.6 is 0 Å². The molecule has 0 radical (unpaired) electrons. The van der Waals surface area contributed by atoms with Crippen LogP contribution in [0.2, 0.25) is 0 Å². The van der Waals surface area contributed by atoms with Crippen molar-refractivity contribution >= 4 is 35.4 Å². The molecule has 138 valence electrons. The molecule has 10 heteroatoms. The van der Waals surface area contributed by atoms with Crippen molar-refractivity contribution in [3.63, 3.8) is 0 Å². The molecule has 2 fully saturated rings. The Morgan fingerprint density at radius 3 is 2.08 bits per heavy atom. The molecule has 2 aliphatic carbocycles. The van der Waals surface area contributed by atoms with Gasteiger partial charge in [0.2, 0.25) is 5.91 Å². The van der Waals surface area contributed by atoms with Crippen molar-refractivity contribution in [1.82, 2.24) is 10.3 Å². The zero-order valence-electron chi connectivity index (χ0n) is 13.7. The zero-order valence-corrected chi connectivity index (χ0v) is 13.7. The van der Waals surface area contributed by atoms with Gasteiger partial charge in [-0.2, -0.15) is 5.10 Å². The second kappa shape index (κ2) is 6.04. The molecule has 3 amide bonds. The highest BCUT2D eigenvalue weighted by Gasteiger charge is 2.56. The van der Waals surface area contributed by atoms with Crippen molar-refractivity contribution in [2.75, 3.05) is 6.54 Å². The van der Waals surface area contributed by atoms with Gasteiger partial charge in [0.05, 0.1) is 5.41 Å². The Morgan fingerprint density at radius 1 is 1.08 bits per heavy atom. The fourth-order valence-electron chi connectivity index (χ4n) is 3.09. The van der Waals surface area contributed by atoms with Crippen molar-refractivity contribution in [2.45, 2.75) is 32.1 Å². The average Bonchev–Trinajstić information content (AvgIpc) is 3.25. The van der Waals surface area contributed by atoms with Gasteiger partial charge in [0.25, 0.3) is 11.8 Å². The summed E-state index contributed by atoms with van der Waals surface area (Å²) in [6.07, 6.45) is 3.37. The third kappa shape index (κ3) is 2.87. The van der Waals surface area contributed by atoms with E-state index in [9.17, 15) is 24.0 Å². The van der Waals surface area contributed by atoms with Gasteiger partial charge in [-0.25, -0.2) is 5.43 Å². The number of hydrogen-bond acceptors (Lipinski definition) is 6. The molecule has 1 heterocycles. The number of nitrogens with zero attached hydrogens (tertiary/aromatic N) is 2. The summed E-state index contributed by atoms with van der Waals surface area (Å²) in [5, 5.41) is 21.9. The Hall–Kier alpha value is -3.04. The molecular weight excluding hydrogens is 346 g/mol. The van der Waals surface area contributed by atoms with Crippen molar-refractivity contribution in [2.24, 2.45) is 15.9 Å². The minimum absolute atomic E-state index is 0.135. The van der Waals surface area contributed by atoms with E-state index < -0.39 is 34.6 Å². The maximum atomic E-state index is 12.3. The van der Waals surface area contributed by atoms with E-state index in [0.29, 0.717) is 25.0 Å². The first-order valence-corrected chi connectivity index (χ1v) is 8.06. The van der Waals surface area contributed by atoms with E-state index in [1.807, 2.05) is 0 Å². The summed E-state index contributed by atoms with van der Waals surface area (Å²) in [6, 6.07) is 0. The Kier molecular flexibility index (Phi) is 4.13. The number of hydrazone groups is 1. The summed E-state index contributed by atoms with van der Waals surface area (Å²) in [5.41, 5.74) is 0.0876. The smallest absolute Gasteiger partial charge is 0.321 e. The number of hydrogen-bond donors (Lipinski definition) is 3. The van der Waals surface area contributed by atoms with Crippen LogP contribution in [0.5, 0.6) is 0 Å². The minimum atomic E-state index is -1.87. The third-order valence-electron chi connectivity index (χ3n) is 5.20. The standard InChI is InChI=1S/C16H17N3O7/c20-10-1-2-11(21)19(10)6-5-15(3-4-15)12(22)18-17-9-7-16(8-9,13(23)24)14(25)26/h1-2H,3-8H2,(H,18,22)(H,23,24)(H,25,26). The number of imide groups is 1. The van der Waals surface area contributed by atoms with E-state index in [0.717, 1.165) is 4.90 Å². The summed E-state index contributed by atoms with van der Waals surface area (Å²) >= 11 is 0. The number of aliphatic carboxylic acids is 2. The van der Waals surface area contributed by atoms with Gasteiger partial charge in [-0.15, -0.1) is 0 Å². The highest BCUT2D eigenvalue weighted by atomic mass is 16.4. The molecule has 2 saturated carbocycles. The Bertz CT molecular complexity index is 737. The molecule has 1 aliphatic heterocycles. The van der Waals surface area contributed by atoms with E-state index in [2.05, 4.69) is 10.5 Å². The SMILES string of the molecule is O=C1C=CC(=O)N1CCC1(C(=O)NN=C2CC(C(=O)O)(C(=O)O)C2)CC1. The lowest BCUT2D eigenvalue weighted by molar-refractivity contribution is -0.165. The number of nitrogens with one attached hydrogen (secondary N) is 1. The van der Waals surface area contributed by atoms with Gasteiger partial charge < -0.3 is 10.2 Å². The molecule has 0 spiro atoms. The normalized spacial score (nSPS) is 22.0. The number of carbonyl (C=O) groups excluding carboxylic acids is 3. The van der Waals surface area contributed by atoms with Crippen LogP contribution in [0, 0.1) is 10.8 Å². The highest BCUT2D eigenvalue weighted by molar-refractivity contribution is 6.13. The van der Waals surface area contributed by atoms with Gasteiger partial charge in [-0.1, -0.05) is 0 Å². The number of amides is 3. The molecule has 0 aromatic carbocycles. The predicted molar refractivity (Wildman–Crippen MR) is 84.7 cm³/mol. The first kappa shape index (κ1) is 17.8. The Morgan fingerprint density at radius 2 is 1.62 bits per heavy atom. The summed E-state index contributed by atoms with van der Waals surface area (Å²) in [5.74, 6) is -4.04. The Balaban J connectivity index is 1.53. The van der Waals surface area contributed by atoms with Crippen LogP contribution in [0.15, 0.2) is 17.3 Å². The summed E-state index contributed by atoms with van der Waals surface area (Å²) in [7, 11) is 0. The largest absolute Gasteiger partial charge is 0.480 e. The van der Waals surface area contributed by atoms with E-state index in [4.69, 9.17) is 10.2 Å². The van der Waals surface area contributed by atoms with E-state index in [-0.39, 0.29) is 25.3 Å². The van der Waals surface area contributed by atoms with Crippen molar-refractivity contribution in [3.8, 4) is 0 Å². The van der Waals surface area contributed by atoms with Crippen LogP contribution < -0.4 is 5.43 Å². The maximum Gasteiger partial charge on any atom is 0.321 e. The maximum absolute atomic E-state index is 12.3. The van der Waals surface area contributed by atoms with Gasteiger partial charge in [0.15, 0.2) is 5.41 Å². The number of rotatable bonds is 7. The van der Waals surface area contributed by atoms with Crippen molar-refractivity contribution < 1.29 is 34.2 Å². The minimum Gasteiger partial charge on any atom is -0.480 e. The molecule has 0 bridgehead atoms. The molecule has 0 saturated heterocycles. The molecule has 0 unspecified atom stereocenters. The fourth-order valence-corrected chi connectivity index (χ4v) is 3.09. The summed E-state index contributed by atoms with van der Waals surface area (Å²) in [4.78, 5) is 58.6. The van der Waals surface area contributed by atoms with Gasteiger partial charge in [-0.3, -0.25) is 28.9 Å². The van der Waals surface area contributed by atoms with E-state index in [1.165, 1.54) is 12.2 Å². The molecule has 0 atom stereocenters. The topological polar surface area (TPSA) is 153 Å². The quantitative estimate of drug-likeness (QED) is 0.313. The number of carboxylic acid groups (broad SMARTS) is 2. The van der Waals surface area contributed by atoms with Crippen LogP contribution in [-0.4, -0.2) is 57.0 Å². The fraction of sp³-hybridized carbons (Fsp3) is 0.500. The molecule has 0 aromatic rings. The zero-order chi connectivity index (χ0) is 19.1. The first-order valence-electron chi connectivity index (χ1n) is 8.06. The van der Waals surface area contributed by atoms with Gasteiger partial charge >= 0.3 is 11.9 Å². The van der Waals surface area contributed by atoms with Crippen molar-refractivity contribution in [3.05, 3.63) is 12.2 Å². The predicted octanol–water partition coefficient (Wildman–Crippen LogP) is -0.497. The second-order valence-electron chi connectivity index (χ2n) is 6.86. The van der Waals surface area contributed by atoms with Crippen LogP contribution in [0.4, 0.5) is 0 Å². The van der Waals surface area contributed by atoms with Crippen LogP contribution in [-0.2, 0) is 24.0 Å². The molecule has 0 aromatic heterocycles.